The first-order valence-electron chi connectivity index (χ1n) is 9.16. The normalized spacial score (nSPS) is 10.9. The molecule has 0 fully saturated rings. The maximum atomic E-state index is 13.2. The van der Waals surface area contributed by atoms with Crippen LogP contribution in [0.2, 0.25) is 0 Å². The highest BCUT2D eigenvalue weighted by molar-refractivity contribution is 6.01. The molecule has 2 N–H and O–H groups in total. The maximum Gasteiger partial charge on any atom is 0.255 e. The number of hydrogen-bond acceptors (Lipinski definition) is 3. The van der Waals surface area contributed by atoms with E-state index in [1.165, 1.54) is 0 Å². The molecule has 0 aliphatic heterocycles. The minimum Gasteiger partial charge on any atom is -0.484 e. The fourth-order valence-electron chi connectivity index (χ4n) is 3.25. The van der Waals surface area contributed by atoms with Crippen LogP contribution in [0.4, 0.5) is 0 Å². The standard InChI is InChI=1S/C22H28N2O3/c1-14(2)24(15(3)4)22(26)19-9-7-6-8-18(19)17-10-11-20(16(5)12-17)27-13-21(23)25/h6-12,14-15H,13H2,1-5H3,(H2,23,25). The van der Waals surface area contributed by atoms with Crippen molar-refractivity contribution < 1.29 is 14.3 Å². The van der Waals surface area contributed by atoms with Crippen molar-refractivity contribution in [3.63, 3.8) is 0 Å². The van der Waals surface area contributed by atoms with Crippen molar-refractivity contribution in [2.75, 3.05) is 6.61 Å². The van der Waals surface area contributed by atoms with Gasteiger partial charge in [-0.2, -0.15) is 0 Å². The molecule has 0 bridgehead atoms. The van der Waals surface area contributed by atoms with Crippen molar-refractivity contribution in [3.8, 4) is 16.9 Å². The highest BCUT2D eigenvalue weighted by Crippen LogP contribution is 2.30. The van der Waals surface area contributed by atoms with E-state index in [0.717, 1.165) is 16.7 Å². The molecule has 0 saturated carbocycles. The number of ether oxygens (including phenoxy) is 1. The van der Waals surface area contributed by atoms with Crippen molar-refractivity contribution in [2.45, 2.75) is 46.7 Å². The third kappa shape index (κ3) is 4.88. The second kappa shape index (κ2) is 8.71. The third-order valence-electron chi connectivity index (χ3n) is 4.36. The molecule has 0 atom stereocenters. The second-order valence-corrected chi connectivity index (χ2v) is 7.18. The van der Waals surface area contributed by atoms with Crippen LogP contribution in [0.1, 0.15) is 43.6 Å². The first kappa shape index (κ1) is 20.5. The first-order chi connectivity index (χ1) is 12.7. The molecule has 0 saturated heterocycles. The lowest BCUT2D eigenvalue weighted by Crippen LogP contribution is -2.42. The van der Waals surface area contributed by atoms with E-state index in [9.17, 15) is 9.59 Å². The van der Waals surface area contributed by atoms with E-state index < -0.39 is 5.91 Å². The zero-order chi connectivity index (χ0) is 20.1. The predicted molar refractivity (Wildman–Crippen MR) is 108 cm³/mol. The SMILES string of the molecule is Cc1cc(-c2ccccc2C(=O)N(C(C)C)C(C)C)ccc1OCC(N)=O. The van der Waals surface area contributed by atoms with E-state index in [1.807, 2.05) is 75.9 Å². The van der Waals surface area contributed by atoms with E-state index in [2.05, 4.69) is 0 Å². The third-order valence-corrected chi connectivity index (χ3v) is 4.36. The topological polar surface area (TPSA) is 72.6 Å². The van der Waals surface area contributed by atoms with Crippen LogP contribution < -0.4 is 10.5 Å². The summed E-state index contributed by atoms with van der Waals surface area (Å²) in [5.41, 5.74) is 8.48. The highest BCUT2D eigenvalue weighted by atomic mass is 16.5. The molecule has 2 amide bonds. The lowest BCUT2D eigenvalue weighted by Gasteiger charge is -2.31. The van der Waals surface area contributed by atoms with Crippen LogP contribution in [-0.4, -0.2) is 35.4 Å². The highest BCUT2D eigenvalue weighted by Gasteiger charge is 2.24. The van der Waals surface area contributed by atoms with Gasteiger partial charge in [0.25, 0.3) is 11.8 Å². The van der Waals surface area contributed by atoms with Gasteiger partial charge in [0.2, 0.25) is 0 Å². The molecule has 0 aliphatic carbocycles. The van der Waals surface area contributed by atoms with E-state index >= 15 is 0 Å². The Morgan fingerprint density at radius 2 is 1.67 bits per heavy atom. The Morgan fingerprint density at radius 3 is 2.22 bits per heavy atom. The number of hydrogen-bond donors (Lipinski definition) is 1. The number of nitrogens with zero attached hydrogens (tertiary/aromatic N) is 1. The molecule has 0 aromatic heterocycles. The van der Waals surface area contributed by atoms with Gasteiger partial charge in [-0.15, -0.1) is 0 Å². The van der Waals surface area contributed by atoms with Crippen LogP contribution in [0.15, 0.2) is 42.5 Å². The number of aryl methyl sites for hydroxylation is 1. The average Bonchev–Trinajstić information content (AvgIpc) is 2.59. The van der Waals surface area contributed by atoms with Crippen molar-refractivity contribution in [3.05, 3.63) is 53.6 Å². The predicted octanol–water partition coefficient (Wildman–Crippen LogP) is 3.79. The summed E-state index contributed by atoms with van der Waals surface area (Å²) < 4.78 is 5.42. The maximum absolute atomic E-state index is 13.2. The van der Waals surface area contributed by atoms with Crippen LogP contribution in [0, 0.1) is 6.92 Å². The van der Waals surface area contributed by atoms with E-state index in [0.29, 0.717) is 11.3 Å². The average molecular weight is 368 g/mol. The Hall–Kier alpha value is -2.82. The molecule has 0 aliphatic rings. The quantitative estimate of drug-likeness (QED) is 0.808. The van der Waals surface area contributed by atoms with Gasteiger partial charge in [0.15, 0.2) is 6.61 Å². The van der Waals surface area contributed by atoms with Gasteiger partial charge in [-0.1, -0.05) is 24.3 Å². The van der Waals surface area contributed by atoms with Crippen molar-refractivity contribution in [1.29, 1.82) is 0 Å². The molecular weight excluding hydrogens is 340 g/mol. The van der Waals surface area contributed by atoms with Crippen LogP contribution in [0.5, 0.6) is 5.75 Å². The molecule has 0 radical (unpaired) electrons. The van der Waals surface area contributed by atoms with Crippen molar-refractivity contribution >= 4 is 11.8 Å². The van der Waals surface area contributed by atoms with E-state index in [1.54, 1.807) is 6.07 Å². The molecule has 2 aromatic rings. The van der Waals surface area contributed by atoms with E-state index in [4.69, 9.17) is 10.5 Å². The summed E-state index contributed by atoms with van der Waals surface area (Å²) in [5, 5.41) is 0. The Labute approximate surface area is 161 Å². The number of carbonyl (C=O) groups excluding carboxylic acids is 2. The molecule has 0 heterocycles. The summed E-state index contributed by atoms with van der Waals surface area (Å²) in [6.45, 7) is 9.84. The Balaban J connectivity index is 2.42. The van der Waals surface area contributed by atoms with Crippen LogP contribution >= 0.6 is 0 Å². The number of nitrogens with two attached hydrogens (primary N) is 1. The van der Waals surface area contributed by atoms with E-state index in [-0.39, 0.29) is 24.6 Å². The summed E-state index contributed by atoms with van der Waals surface area (Å²) in [7, 11) is 0. The Morgan fingerprint density at radius 1 is 1.04 bits per heavy atom. The first-order valence-corrected chi connectivity index (χ1v) is 9.16. The zero-order valence-electron chi connectivity index (χ0n) is 16.7. The van der Waals surface area contributed by atoms with Gasteiger partial charge < -0.3 is 15.4 Å². The number of primary amides is 1. The molecule has 0 unspecified atom stereocenters. The summed E-state index contributed by atoms with van der Waals surface area (Å²) >= 11 is 0. The van der Waals surface area contributed by atoms with Gasteiger partial charge in [-0.25, -0.2) is 0 Å². The van der Waals surface area contributed by atoms with Gasteiger partial charge in [-0.05, 0) is 69.5 Å². The molecule has 5 heteroatoms. The fourth-order valence-corrected chi connectivity index (χ4v) is 3.25. The van der Waals surface area contributed by atoms with Crippen LogP contribution in [0.3, 0.4) is 0 Å². The van der Waals surface area contributed by atoms with Crippen molar-refractivity contribution in [2.24, 2.45) is 5.73 Å². The largest absolute Gasteiger partial charge is 0.484 e. The smallest absolute Gasteiger partial charge is 0.255 e. The molecule has 144 valence electrons. The minimum atomic E-state index is -0.517. The fraction of sp³-hybridized carbons (Fsp3) is 0.364. The number of carbonyl (C=O) groups is 2. The second-order valence-electron chi connectivity index (χ2n) is 7.18. The monoisotopic (exact) mass is 368 g/mol. The zero-order valence-corrected chi connectivity index (χ0v) is 16.7. The van der Waals surface area contributed by atoms with Crippen LogP contribution in [0.25, 0.3) is 11.1 Å². The molecule has 0 spiro atoms. The van der Waals surface area contributed by atoms with Gasteiger partial charge in [0.05, 0.1) is 0 Å². The summed E-state index contributed by atoms with van der Waals surface area (Å²) in [5.74, 6) is 0.103. The summed E-state index contributed by atoms with van der Waals surface area (Å²) in [6.07, 6.45) is 0. The number of benzene rings is 2. The molecule has 5 nitrogen and oxygen atoms in total. The Bertz CT molecular complexity index is 820. The van der Waals surface area contributed by atoms with Gasteiger partial charge in [0, 0.05) is 17.6 Å². The van der Waals surface area contributed by atoms with Crippen LogP contribution in [-0.2, 0) is 4.79 Å². The lowest BCUT2D eigenvalue weighted by atomic mass is 9.96. The van der Waals surface area contributed by atoms with Gasteiger partial charge in [-0.3, -0.25) is 9.59 Å². The number of amides is 2. The van der Waals surface area contributed by atoms with Gasteiger partial charge in [0.1, 0.15) is 5.75 Å². The molecule has 2 aromatic carbocycles. The van der Waals surface area contributed by atoms with Gasteiger partial charge >= 0.3 is 0 Å². The number of rotatable bonds is 7. The molecule has 27 heavy (non-hydrogen) atoms. The Kier molecular flexibility index (Phi) is 6.61. The van der Waals surface area contributed by atoms with Crippen molar-refractivity contribution in [1.82, 2.24) is 4.90 Å². The summed E-state index contributed by atoms with van der Waals surface area (Å²) in [4.78, 5) is 26.0. The molecule has 2 rings (SSSR count). The minimum absolute atomic E-state index is 0.0160. The summed E-state index contributed by atoms with van der Waals surface area (Å²) in [6, 6.07) is 13.5. The lowest BCUT2D eigenvalue weighted by molar-refractivity contribution is -0.119. The molecular formula is C22H28N2O3.